The normalized spacial score (nSPS) is 33.4. The molecule has 1 saturated carbocycles. The van der Waals surface area contributed by atoms with E-state index in [4.69, 9.17) is 35.5 Å². The average Bonchev–Trinajstić information content (AvgIpc) is 3.06. The number of piperidine rings is 1. The Morgan fingerprint density at radius 3 is 2.46 bits per heavy atom. The van der Waals surface area contributed by atoms with E-state index in [-0.39, 0.29) is 30.2 Å². The van der Waals surface area contributed by atoms with Gasteiger partial charge in [-0.15, -0.1) is 0 Å². The monoisotopic (exact) mass is 377 g/mol. The van der Waals surface area contributed by atoms with Crippen molar-refractivity contribution < 1.29 is 17.1 Å². The number of benzene rings is 1. The Labute approximate surface area is 167 Å². The summed E-state index contributed by atoms with van der Waals surface area (Å²) in [5.41, 5.74) is -2.42. The SMILES string of the molecule is [2H]C([2H])([2H])C(CCN1C[C@@H]2C(CNC(=O)c3cc(Cl)cc(Cl)c3)[C@@H]2C1)(C([2H])([2H])[2H])C([2H])([2H])[2H]. The van der Waals surface area contributed by atoms with Gasteiger partial charge in [0.25, 0.3) is 5.91 Å². The van der Waals surface area contributed by atoms with Gasteiger partial charge < -0.3 is 10.2 Å². The molecule has 1 heterocycles. The highest BCUT2D eigenvalue weighted by Crippen LogP contribution is 2.51. The standard InChI is InChI=1S/C19H26Cl2N2O/c1-19(2,3)4-5-23-10-16-15(17(16)11-23)9-22-18(24)12-6-13(20)8-14(21)7-12/h6-8,15-17H,4-5,9-11H2,1-3H3,(H,22,24)/t15?,16-,17+/i1D3,2D3,3D3. The third kappa shape index (κ3) is 4.44. The molecular formula is C19H26Cl2N2O. The Balaban J connectivity index is 1.55. The molecule has 1 aromatic carbocycles. The molecule has 1 N–H and O–H groups in total. The van der Waals surface area contributed by atoms with Gasteiger partial charge in [-0.25, -0.2) is 0 Å². The third-order valence-corrected chi connectivity index (χ3v) is 5.31. The van der Waals surface area contributed by atoms with Crippen molar-refractivity contribution in [3.05, 3.63) is 33.8 Å². The van der Waals surface area contributed by atoms with E-state index in [1.54, 1.807) is 6.07 Å². The summed E-state index contributed by atoms with van der Waals surface area (Å²) in [6, 6.07) is 4.61. The molecule has 0 radical (unpaired) electrons. The molecule has 1 amide bonds. The minimum Gasteiger partial charge on any atom is -0.352 e. The Morgan fingerprint density at radius 2 is 1.88 bits per heavy atom. The second kappa shape index (κ2) is 6.86. The molecule has 1 aliphatic carbocycles. The Hall–Kier alpha value is -0.770. The fourth-order valence-corrected chi connectivity index (χ4v) is 4.07. The van der Waals surface area contributed by atoms with Crippen LogP contribution >= 0.6 is 23.2 Å². The predicted molar refractivity (Wildman–Crippen MR) is 99.8 cm³/mol. The Morgan fingerprint density at radius 1 is 1.25 bits per heavy atom. The first-order valence-corrected chi connectivity index (χ1v) is 8.70. The van der Waals surface area contributed by atoms with Gasteiger partial charge in [-0.3, -0.25) is 4.79 Å². The first kappa shape index (κ1) is 9.80. The first-order chi connectivity index (χ1) is 15.0. The van der Waals surface area contributed by atoms with E-state index < -0.39 is 32.4 Å². The number of carbonyl (C=O) groups excluding carboxylic acids is 1. The zero-order chi connectivity index (χ0) is 25.0. The highest BCUT2D eigenvalue weighted by Gasteiger charge is 2.55. The van der Waals surface area contributed by atoms with Crippen LogP contribution in [0.15, 0.2) is 18.2 Å². The van der Waals surface area contributed by atoms with Crippen LogP contribution in [0.1, 0.15) is 49.7 Å². The number of hydrogen-bond acceptors (Lipinski definition) is 2. The maximum absolute atomic E-state index is 12.4. The molecular weight excluding hydrogens is 343 g/mol. The van der Waals surface area contributed by atoms with Crippen LogP contribution in [0.5, 0.6) is 0 Å². The molecule has 1 aliphatic heterocycles. The Bertz CT molecular complexity index is 832. The predicted octanol–water partition coefficient (Wildman–Crippen LogP) is 4.34. The van der Waals surface area contributed by atoms with Crippen LogP contribution in [0.4, 0.5) is 0 Å². The quantitative estimate of drug-likeness (QED) is 0.827. The van der Waals surface area contributed by atoms with E-state index in [1.807, 2.05) is 4.90 Å². The average molecular weight is 378 g/mol. The van der Waals surface area contributed by atoms with Gasteiger partial charge in [0.05, 0.1) is 0 Å². The van der Waals surface area contributed by atoms with Crippen LogP contribution in [0, 0.1) is 23.2 Å². The lowest BCUT2D eigenvalue weighted by molar-refractivity contribution is 0.0949. The van der Waals surface area contributed by atoms with Crippen molar-refractivity contribution in [3.63, 3.8) is 0 Å². The maximum Gasteiger partial charge on any atom is 0.251 e. The number of hydrogen-bond donors (Lipinski definition) is 1. The lowest BCUT2D eigenvalue weighted by Gasteiger charge is -2.25. The summed E-state index contributed by atoms with van der Waals surface area (Å²) < 4.78 is 69.6. The van der Waals surface area contributed by atoms with Crippen LogP contribution in [0.25, 0.3) is 0 Å². The molecule has 3 atom stereocenters. The molecule has 0 spiro atoms. The first-order valence-electron chi connectivity index (χ1n) is 12.4. The fourth-order valence-electron chi connectivity index (χ4n) is 3.55. The minimum atomic E-state index is -3.16. The summed E-state index contributed by atoms with van der Waals surface area (Å²) in [5, 5.41) is 3.62. The largest absolute Gasteiger partial charge is 0.352 e. The number of rotatable bonds is 5. The number of amides is 1. The number of likely N-dealkylation sites (tertiary alicyclic amines) is 1. The lowest BCUT2D eigenvalue weighted by Crippen LogP contribution is -2.32. The highest BCUT2D eigenvalue weighted by atomic mass is 35.5. The molecule has 0 bridgehead atoms. The van der Waals surface area contributed by atoms with Gasteiger partial charge in [-0.1, -0.05) is 43.8 Å². The molecule has 3 nitrogen and oxygen atoms in total. The highest BCUT2D eigenvalue weighted by molar-refractivity contribution is 6.35. The summed E-state index contributed by atoms with van der Waals surface area (Å²) in [6.07, 6.45) is -0.479. The van der Waals surface area contributed by atoms with Gasteiger partial charge in [-0.05, 0) is 54.3 Å². The van der Waals surface area contributed by atoms with Crippen LogP contribution in [-0.2, 0) is 0 Å². The van der Waals surface area contributed by atoms with Gasteiger partial charge in [0.2, 0.25) is 0 Å². The van der Waals surface area contributed by atoms with E-state index in [0.29, 0.717) is 35.2 Å². The van der Waals surface area contributed by atoms with Crippen molar-refractivity contribution >= 4 is 29.1 Å². The fraction of sp³-hybridized carbons (Fsp3) is 0.632. The van der Waals surface area contributed by atoms with Crippen LogP contribution < -0.4 is 5.32 Å². The van der Waals surface area contributed by atoms with Crippen molar-refractivity contribution in [1.29, 1.82) is 0 Å². The topological polar surface area (TPSA) is 32.3 Å². The maximum atomic E-state index is 12.4. The molecule has 1 unspecified atom stereocenters. The summed E-state index contributed by atoms with van der Waals surface area (Å²) in [4.78, 5) is 14.3. The van der Waals surface area contributed by atoms with Crippen LogP contribution in [0.3, 0.4) is 0 Å². The van der Waals surface area contributed by atoms with E-state index >= 15 is 0 Å². The molecule has 0 aromatic heterocycles. The second-order valence-corrected chi connectivity index (χ2v) is 7.65. The number of nitrogens with one attached hydrogen (secondary N) is 1. The number of carbonyl (C=O) groups is 1. The smallest absolute Gasteiger partial charge is 0.251 e. The van der Waals surface area contributed by atoms with Gasteiger partial charge in [-0.2, -0.15) is 0 Å². The molecule has 3 rings (SSSR count). The van der Waals surface area contributed by atoms with Crippen molar-refractivity contribution in [3.8, 4) is 0 Å². The number of nitrogens with zero attached hydrogens (tertiary/aromatic N) is 1. The molecule has 24 heavy (non-hydrogen) atoms. The zero-order valence-electron chi connectivity index (χ0n) is 22.1. The van der Waals surface area contributed by atoms with Gasteiger partial charge in [0, 0.05) is 47.6 Å². The second-order valence-electron chi connectivity index (χ2n) is 6.77. The molecule has 5 heteroatoms. The van der Waals surface area contributed by atoms with Gasteiger partial charge in [0.1, 0.15) is 0 Å². The third-order valence-electron chi connectivity index (χ3n) is 4.87. The van der Waals surface area contributed by atoms with Crippen molar-refractivity contribution in [2.75, 3.05) is 26.2 Å². The molecule has 2 aliphatic rings. The van der Waals surface area contributed by atoms with Crippen molar-refractivity contribution in [2.45, 2.75) is 27.0 Å². The van der Waals surface area contributed by atoms with Crippen molar-refractivity contribution in [2.24, 2.45) is 23.2 Å². The van der Waals surface area contributed by atoms with E-state index in [0.717, 1.165) is 0 Å². The Kier molecular flexibility index (Phi) is 2.80. The van der Waals surface area contributed by atoms with Crippen molar-refractivity contribution in [1.82, 2.24) is 10.2 Å². The van der Waals surface area contributed by atoms with Gasteiger partial charge >= 0.3 is 0 Å². The number of fused-ring (bicyclic) bond motifs is 1. The van der Waals surface area contributed by atoms with E-state index in [2.05, 4.69) is 5.32 Å². The lowest BCUT2D eigenvalue weighted by atomic mass is 9.92. The summed E-state index contributed by atoms with van der Waals surface area (Å²) in [5.74, 6) is 0.559. The number of halogens is 2. The van der Waals surface area contributed by atoms with Gasteiger partial charge in [0.15, 0.2) is 0 Å². The summed E-state index contributed by atoms with van der Waals surface area (Å²) in [6.45, 7) is -7.74. The zero-order valence-corrected chi connectivity index (χ0v) is 14.6. The molecule has 132 valence electrons. The van der Waals surface area contributed by atoms with Crippen LogP contribution in [0.2, 0.25) is 10.0 Å². The van der Waals surface area contributed by atoms with E-state index in [9.17, 15) is 4.79 Å². The molecule has 1 aromatic rings. The molecule has 2 fully saturated rings. The van der Waals surface area contributed by atoms with E-state index in [1.165, 1.54) is 12.1 Å². The van der Waals surface area contributed by atoms with Crippen LogP contribution in [-0.4, -0.2) is 37.0 Å². The summed E-state index contributed by atoms with van der Waals surface area (Å²) >= 11 is 11.9. The molecule has 1 saturated heterocycles. The summed E-state index contributed by atoms with van der Waals surface area (Å²) in [7, 11) is 0. The minimum absolute atomic E-state index is 0.0717.